The minimum Gasteiger partial charge on any atom is -0.362 e. The molecule has 24 heavy (non-hydrogen) atoms. The topological polar surface area (TPSA) is 52.9 Å². The van der Waals surface area contributed by atoms with E-state index in [9.17, 15) is 23.1 Å². The molecule has 4 nitrogen and oxygen atoms in total. The van der Waals surface area contributed by atoms with Crippen molar-refractivity contribution in [2.45, 2.75) is 44.0 Å². The summed E-state index contributed by atoms with van der Waals surface area (Å²) in [6.07, 6.45) is -2.40. The number of nitrogens with zero attached hydrogens (tertiary/aromatic N) is 2. The van der Waals surface area contributed by atoms with Crippen molar-refractivity contribution in [2.75, 3.05) is 0 Å². The summed E-state index contributed by atoms with van der Waals surface area (Å²) in [7, 11) is 0. The molecule has 0 bridgehead atoms. The molecule has 2 aliphatic rings. The van der Waals surface area contributed by atoms with Crippen molar-refractivity contribution >= 4 is 27.5 Å². The molecule has 2 atom stereocenters. The highest BCUT2D eigenvalue weighted by atomic mass is 79.9. The summed E-state index contributed by atoms with van der Waals surface area (Å²) >= 11 is 3.16. The lowest BCUT2D eigenvalue weighted by atomic mass is 9.87. The van der Waals surface area contributed by atoms with Gasteiger partial charge in [-0.25, -0.2) is 0 Å². The summed E-state index contributed by atoms with van der Waals surface area (Å²) in [5.41, 5.74) is -3.01. The predicted octanol–water partition coefficient (Wildman–Crippen LogP) is 4.09. The Morgan fingerprint density at radius 1 is 1.29 bits per heavy atom. The molecule has 1 aliphatic carbocycles. The standard InChI is InChI=1S/C16H16BrF3N2O2/c17-12-8-5-4-6-10(12)14(23)22-15(24,16(18,19)20)11-7-2-1-3-9-13(11)21-22/h4-6,8,11,24H,1-3,7,9H2. The number of halogens is 4. The monoisotopic (exact) mass is 404 g/mol. The van der Waals surface area contributed by atoms with Crippen LogP contribution in [0.25, 0.3) is 0 Å². The average molecular weight is 405 g/mol. The second kappa shape index (κ2) is 6.15. The highest BCUT2D eigenvalue weighted by Gasteiger charge is 2.68. The fraction of sp³-hybridized carbons (Fsp3) is 0.500. The first-order valence-electron chi connectivity index (χ1n) is 7.72. The summed E-state index contributed by atoms with van der Waals surface area (Å²) in [6, 6.07) is 6.15. The highest BCUT2D eigenvalue weighted by Crippen LogP contribution is 2.48. The molecule has 0 aromatic heterocycles. The molecule has 1 amide bonds. The molecule has 1 N–H and O–H groups in total. The second-order valence-corrected chi connectivity index (χ2v) is 6.92. The second-order valence-electron chi connectivity index (χ2n) is 6.06. The maximum Gasteiger partial charge on any atom is 0.439 e. The number of fused-ring (bicyclic) bond motifs is 1. The van der Waals surface area contributed by atoms with Crippen LogP contribution < -0.4 is 0 Å². The molecule has 1 saturated carbocycles. The van der Waals surface area contributed by atoms with E-state index in [0.717, 1.165) is 6.42 Å². The number of benzene rings is 1. The van der Waals surface area contributed by atoms with Crippen LogP contribution in [0.15, 0.2) is 33.8 Å². The Labute approximate surface area is 145 Å². The quantitative estimate of drug-likeness (QED) is 0.765. The van der Waals surface area contributed by atoms with Gasteiger partial charge in [0.2, 0.25) is 0 Å². The summed E-state index contributed by atoms with van der Waals surface area (Å²) in [5, 5.41) is 14.7. The van der Waals surface area contributed by atoms with Crippen molar-refractivity contribution in [3.05, 3.63) is 34.3 Å². The maximum absolute atomic E-state index is 13.7. The minimum absolute atomic E-state index is 0.0287. The zero-order valence-corrected chi connectivity index (χ0v) is 14.3. The lowest BCUT2D eigenvalue weighted by Gasteiger charge is -2.37. The zero-order chi connectivity index (χ0) is 17.5. The Morgan fingerprint density at radius 3 is 2.67 bits per heavy atom. The van der Waals surface area contributed by atoms with Gasteiger partial charge in [-0.1, -0.05) is 25.0 Å². The average Bonchev–Trinajstić information content (AvgIpc) is 2.68. The van der Waals surface area contributed by atoms with Gasteiger partial charge in [0.15, 0.2) is 0 Å². The Balaban J connectivity index is 2.07. The number of carbonyl (C=O) groups excluding carboxylic acids is 1. The summed E-state index contributed by atoms with van der Waals surface area (Å²) in [4.78, 5) is 12.7. The van der Waals surface area contributed by atoms with Gasteiger partial charge in [0.25, 0.3) is 11.6 Å². The molecule has 8 heteroatoms. The van der Waals surface area contributed by atoms with Gasteiger partial charge in [0.05, 0.1) is 11.5 Å². The number of amides is 1. The van der Waals surface area contributed by atoms with Crippen molar-refractivity contribution < 1.29 is 23.1 Å². The Morgan fingerprint density at radius 2 is 2.00 bits per heavy atom. The van der Waals surface area contributed by atoms with Crippen molar-refractivity contribution in [3.8, 4) is 0 Å². The van der Waals surface area contributed by atoms with Gasteiger partial charge in [0, 0.05) is 10.2 Å². The Hall–Kier alpha value is -1.41. The van der Waals surface area contributed by atoms with Crippen molar-refractivity contribution in [1.82, 2.24) is 5.01 Å². The zero-order valence-electron chi connectivity index (χ0n) is 12.7. The predicted molar refractivity (Wildman–Crippen MR) is 85.3 cm³/mol. The summed E-state index contributed by atoms with van der Waals surface area (Å²) in [5.74, 6) is -2.17. The van der Waals surface area contributed by atoms with Gasteiger partial charge in [-0.15, -0.1) is 0 Å². The van der Waals surface area contributed by atoms with Crippen LogP contribution in [0, 0.1) is 5.92 Å². The Bertz CT molecular complexity index is 692. The van der Waals surface area contributed by atoms with Gasteiger partial charge >= 0.3 is 6.18 Å². The van der Waals surface area contributed by atoms with E-state index in [-0.39, 0.29) is 22.7 Å². The first-order valence-corrected chi connectivity index (χ1v) is 8.51. The minimum atomic E-state index is -5.00. The van der Waals surface area contributed by atoms with E-state index in [4.69, 9.17) is 0 Å². The Kier molecular flexibility index (Phi) is 4.46. The smallest absolute Gasteiger partial charge is 0.362 e. The first-order chi connectivity index (χ1) is 11.3. The number of rotatable bonds is 1. The van der Waals surface area contributed by atoms with Crippen LogP contribution in [0.5, 0.6) is 0 Å². The van der Waals surface area contributed by atoms with E-state index in [1.807, 2.05) is 0 Å². The largest absolute Gasteiger partial charge is 0.439 e. The number of aliphatic hydroxyl groups is 1. The van der Waals surface area contributed by atoms with Crippen LogP contribution >= 0.6 is 15.9 Å². The number of hydrogen-bond donors (Lipinski definition) is 1. The van der Waals surface area contributed by atoms with Crippen molar-refractivity contribution in [1.29, 1.82) is 0 Å². The van der Waals surface area contributed by atoms with E-state index in [0.29, 0.717) is 23.7 Å². The lowest BCUT2D eigenvalue weighted by Crippen LogP contribution is -2.61. The van der Waals surface area contributed by atoms with Crippen LogP contribution in [-0.2, 0) is 0 Å². The third-order valence-electron chi connectivity index (χ3n) is 4.58. The molecule has 1 aromatic carbocycles. The van der Waals surface area contributed by atoms with Crippen LogP contribution in [0.2, 0.25) is 0 Å². The van der Waals surface area contributed by atoms with Gasteiger partial charge in [-0.05, 0) is 47.3 Å². The molecule has 3 rings (SSSR count). The van der Waals surface area contributed by atoms with Crippen LogP contribution in [0.4, 0.5) is 13.2 Å². The molecule has 130 valence electrons. The van der Waals surface area contributed by atoms with Gasteiger partial charge in [-0.3, -0.25) is 4.79 Å². The van der Waals surface area contributed by atoms with E-state index in [1.54, 1.807) is 18.2 Å². The van der Waals surface area contributed by atoms with E-state index < -0.39 is 23.7 Å². The SMILES string of the molecule is O=C(c1ccccc1Br)N1N=C2CCCCCC2C1(O)C(F)(F)F. The summed E-state index contributed by atoms with van der Waals surface area (Å²) in [6.45, 7) is 0. The van der Waals surface area contributed by atoms with E-state index in [1.165, 1.54) is 6.07 Å². The molecular formula is C16H16BrF3N2O2. The third-order valence-corrected chi connectivity index (χ3v) is 5.27. The molecule has 1 fully saturated rings. The molecule has 1 heterocycles. The lowest BCUT2D eigenvalue weighted by molar-refractivity contribution is -0.312. The van der Waals surface area contributed by atoms with Gasteiger partial charge < -0.3 is 5.11 Å². The molecule has 1 aromatic rings. The third kappa shape index (κ3) is 2.65. The maximum atomic E-state index is 13.7. The number of alkyl halides is 3. The normalized spacial score (nSPS) is 27.5. The van der Waals surface area contributed by atoms with Gasteiger partial charge in [0.1, 0.15) is 0 Å². The fourth-order valence-electron chi connectivity index (χ4n) is 3.34. The van der Waals surface area contributed by atoms with Crippen molar-refractivity contribution in [3.63, 3.8) is 0 Å². The molecule has 0 saturated heterocycles. The van der Waals surface area contributed by atoms with Crippen LogP contribution in [0.3, 0.4) is 0 Å². The van der Waals surface area contributed by atoms with Crippen LogP contribution in [0.1, 0.15) is 42.5 Å². The summed E-state index contributed by atoms with van der Waals surface area (Å²) < 4.78 is 41.6. The number of carbonyl (C=O) groups is 1. The fourth-order valence-corrected chi connectivity index (χ4v) is 3.80. The van der Waals surface area contributed by atoms with Gasteiger partial charge in [-0.2, -0.15) is 23.3 Å². The molecule has 0 spiro atoms. The molecule has 1 aliphatic heterocycles. The molecule has 0 radical (unpaired) electrons. The van der Waals surface area contributed by atoms with Crippen LogP contribution in [-0.4, -0.2) is 33.6 Å². The van der Waals surface area contributed by atoms with E-state index in [2.05, 4.69) is 21.0 Å². The highest BCUT2D eigenvalue weighted by molar-refractivity contribution is 9.10. The van der Waals surface area contributed by atoms with Crippen molar-refractivity contribution in [2.24, 2.45) is 11.0 Å². The molecule has 2 unspecified atom stereocenters. The number of hydrogen-bond acceptors (Lipinski definition) is 3. The first kappa shape index (κ1) is 17.4. The molecular weight excluding hydrogens is 389 g/mol. The van der Waals surface area contributed by atoms with E-state index >= 15 is 0 Å². The number of hydrazone groups is 1.